The highest BCUT2D eigenvalue weighted by molar-refractivity contribution is 5.89. The molecule has 0 spiro atoms. The largest absolute Gasteiger partial charge is 0.389 e. The van der Waals surface area contributed by atoms with Crippen molar-refractivity contribution in [1.82, 2.24) is 5.32 Å². The lowest BCUT2D eigenvalue weighted by Gasteiger charge is -2.10. The number of aryl methyl sites for hydroxylation is 1. The van der Waals surface area contributed by atoms with Gasteiger partial charge in [0.25, 0.3) is 0 Å². The van der Waals surface area contributed by atoms with Gasteiger partial charge in [0.1, 0.15) is 0 Å². The highest BCUT2D eigenvalue weighted by atomic mass is 16.3. The number of anilines is 1. The molecule has 2 amide bonds. The van der Waals surface area contributed by atoms with Crippen LogP contribution in [0.5, 0.6) is 0 Å². The minimum atomic E-state index is -0.506. The van der Waals surface area contributed by atoms with E-state index >= 15 is 0 Å². The number of benzene rings is 2. The number of urea groups is 1. The maximum absolute atomic E-state index is 11.8. The summed E-state index contributed by atoms with van der Waals surface area (Å²) in [6.45, 7) is 4.21. The summed E-state index contributed by atoms with van der Waals surface area (Å²) in [6, 6.07) is 14.8. The monoisotopic (exact) mass is 284 g/mol. The first kappa shape index (κ1) is 15.1. The predicted molar refractivity (Wildman–Crippen MR) is 84.1 cm³/mol. The van der Waals surface area contributed by atoms with Crippen molar-refractivity contribution in [2.75, 3.05) is 5.32 Å². The third-order valence-electron chi connectivity index (χ3n) is 3.35. The fraction of sp³-hybridized carbons (Fsp3) is 0.235. The van der Waals surface area contributed by atoms with Gasteiger partial charge in [-0.3, -0.25) is 0 Å². The summed E-state index contributed by atoms with van der Waals surface area (Å²) in [7, 11) is 0. The lowest BCUT2D eigenvalue weighted by Crippen LogP contribution is -2.28. The smallest absolute Gasteiger partial charge is 0.319 e. The fourth-order valence-corrected chi connectivity index (χ4v) is 2.00. The Bertz CT molecular complexity index is 606. The number of carbonyl (C=O) groups excluding carboxylic acids is 1. The first-order chi connectivity index (χ1) is 10.1. The molecular weight excluding hydrogens is 264 g/mol. The molecule has 0 aliphatic heterocycles. The zero-order valence-electron chi connectivity index (χ0n) is 12.3. The molecule has 0 radical (unpaired) electrons. The van der Waals surface area contributed by atoms with E-state index in [4.69, 9.17) is 0 Å². The van der Waals surface area contributed by atoms with Gasteiger partial charge in [-0.2, -0.15) is 0 Å². The molecule has 1 atom stereocenters. The Kier molecular flexibility index (Phi) is 4.95. The van der Waals surface area contributed by atoms with E-state index in [1.54, 1.807) is 31.2 Å². The molecule has 3 N–H and O–H groups in total. The SMILES string of the molecule is Cc1ccccc1CNC(=O)Nc1ccc(C(C)O)cc1. The van der Waals surface area contributed by atoms with Gasteiger partial charge < -0.3 is 15.7 Å². The van der Waals surface area contributed by atoms with Crippen molar-refractivity contribution in [3.8, 4) is 0 Å². The van der Waals surface area contributed by atoms with Crippen LogP contribution in [0, 0.1) is 6.92 Å². The van der Waals surface area contributed by atoms with E-state index in [2.05, 4.69) is 10.6 Å². The van der Waals surface area contributed by atoms with Gasteiger partial charge in [0.2, 0.25) is 0 Å². The van der Waals surface area contributed by atoms with Crippen molar-refractivity contribution in [1.29, 1.82) is 0 Å². The number of rotatable bonds is 4. The van der Waals surface area contributed by atoms with Crippen LogP contribution in [-0.4, -0.2) is 11.1 Å². The normalized spacial score (nSPS) is 11.8. The van der Waals surface area contributed by atoms with Gasteiger partial charge in [0.15, 0.2) is 0 Å². The van der Waals surface area contributed by atoms with Crippen molar-refractivity contribution in [2.45, 2.75) is 26.5 Å². The first-order valence-corrected chi connectivity index (χ1v) is 6.93. The van der Waals surface area contributed by atoms with E-state index in [1.807, 2.05) is 31.2 Å². The van der Waals surface area contributed by atoms with Crippen molar-refractivity contribution in [2.24, 2.45) is 0 Å². The fourth-order valence-electron chi connectivity index (χ4n) is 2.00. The second-order valence-electron chi connectivity index (χ2n) is 5.03. The highest BCUT2D eigenvalue weighted by Crippen LogP contribution is 2.15. The topological polar surface area (TPSA) is 61.4 Å². The lowest BCUT2D eigenvalue weighted by atomic mass is 10.1. The molecule has 110 valence electrons. The summed E-state index contributed by atoms with van der Waals surface area (Å²) in [5.41, 5.74) is 3.76. The van der Waals surface area contributed by atoms with Crippen LogP contribution in [0.15, 0.2) is 48.5 Å². The Balaban J connectivity index is 1.88. The van der Waals surface area contributed by atoms with Crippen molar-refractivity contribution in [3.63, 3.8) is 0 Å². The van der Waals surface area contributed by atoms with Gasteiger partial charge in [-0.25, -0.2) is 4.79 Å². The molecule has 4 nitrogen and oxygen atoms in total. The van der Waals surface area contributed by atoms with Crippen LogP contribution in [-0.2, 0) is 6.54 Å². The zero-order valence-corrected chi connectivity index (χ0v) is 12.3. The second kappa shape index (κ2) is 6.90. The van der Waals surface area contributed by atoms with Crippen molar-refractivity contribution >= 4 is 11.7 Å². The van der Waals surface area contributed by atoms with E-state index in [0.29, 0.717) is 12.2 Å². The molecule has 4 heteroatoms. The van der Waals surface area contributed by atoms with Gasteiger partial charge in [-0.05, 0) is 42.7 Å². The summed E-state index contributed by atoms with van der Waals surface area (Å²) >= 11 is 0. The van der Waals surface area contributed by atoms with Crippen LogP contribution in [0.2, 0.25) is 0 Å². The minimum Gasteiger partial charge on any atom is -0.389 e. The van der Waals surface area contributed by atoms with E-state index < -0.39 is 6.10 Å². The summed E-state index contributed by atoms with van der Waals surface area (Å²) in [5.74, 6) is 0. The molecule has 0 aliphatic carbocycles. The van der Waals surface area contributed by atoms with E-state index in [0.717, 1.165) is 16.7 Å². The van der Waals surface area contributed by atoms with Crippen LogP contribution in [0.4, 0.5) is 10.5 Å². The number of aliphatic hydroxyl groups is 1. The number of nitrogens with one attached hydrogen (secondary N) is 2. The third-order valence-corrected chi connectivity index (χ3v) is 3.35. The molecule has 2 aromatic rings. The average Bonchev–Trinajstić information content (AvgIpc) is 2.47. The molecule has 0 fully saturated rings. The van der Waals surface area contributed by atoms with Crippen molar-refractivity contribution < 1.29 is 9.90 Å². The van der Waals surface area contributed by atoms with Gasteiger partial charge in [-0.1, -0.05) is 36.4 Å². The molecule has 0 saturated heterocycles. The summed E-state index contributed by atoms with van der Waals surface area (Å²) in [4.78, 5) is 11.8. The van der Waals surface area contributed by atoms with Crippen molar-refractivity contribution in [3.05, 3.63) is 65.2 Å². The van der Waals surface area contributed by atoms with E-state index in [9.17, 15) is 9.90 Å². The molecule has 21 heavy (non-hydrogen) atoms. The quantitative estimate of drug-likeness (QED) is 0.806. The Morgan fingerprint density at radius 3 is 2.43 bits per heavy atom. The Hall–Kier alpha value is -2.33. The number of aliphatic hydroxyl groups excluding tert-OH is 1. The molecule has 0 bridgehead atoms. The van der Waals surface area contributed by atoms with Gasteiger partial charge in [0.05, 0.1) is 6.10 Å². The average molecular weight is 284 g/mol. The van der Waals surface area contributed by atoms with Crippen LogP contribution in [0.3, 0.4) is 0 Å². The Labute approximate surface area is 124 Å². The van der Waals surface area contributed by atoms with Gasteiger partial charge >= 0.3 is 6.03 Å². The van der Waals surface area contributed by atoms with Crippen LogP contribution >= 0.6 is 0 Å². The summed E-state index contributed by atoms with van der Waals surface area (Å²) in [6.07, 6.45) is -0.506. The molecule has 2 aromatic carbocycles. The van der Waals surface area contributed by atoms with Gasteiger partial charge in [0, 0.05) is 12.2 Å². The number of amides is 2. The van der Waals surface area contributed by atoms with Gasteiger partial charge in [-0.15, -0.1) is 0 Å². The van der Waals surface area contributed by atoms with E-state index in [1.165, 1.54) is 0 Å². The molecule has 0 saturated carbocycles. The third kappa shape index (κ3) is 4.33. The molecule has 0 aromatic heterocycles. The molecule has 0 aliphatic rings. The summed E-state index contributed by atoms with van der Waals surface area (Å²) in [5, 5.41) is 15.0. The Morgan fingerprint density at radius 2 is 1.81 bits per heavy atom. The molecule has 0 heterocycles. The summed E-state index contributed by atoms with van der Waals surface area (Å²) < 4.78 is 0. The Morgan fingerprint density at radius 1 is 1.14 bits per heavy atom. The van der Waals surface area contributed by atoms with Crippen LogP contribution in [0.1, 0.15) is 29.7 Å². The number of hydrogen-bond donors (Lipinski definition) is 3. The second-order valence-corrected chi connectivity index (χ2v) is 5.03. The van der Waals surface area contributed by atoms with Crippen LogP contribution < -0.4 is 10.6 Å². The predicted octanol–water partition coefficient (Wildman–Crippen LogP) is 3.37. The lowest BCUT2D eigenvalue weighted by molar-refractivity contribution is 0.199. The van der Waals surface area contributed by atoms with Crippen LogP contribution in [0.25, 0.3) is 0 Å². The molecule has 1 unspecified atom stereocenters. The maximum Gasteiger partial charge on any atom is 0.319 e. The highest BCUT2D eigenvalue weighted by Gasteiger charge is 2.04. The number of hydrogen-bond acceptors (Lipinski definition) is 2. The zero-order chi connectivity index (χ0) is 15.2. The maximum atomic E-state index is 11.8. The molecule has 2 rings (SSSR count). The van der Waals surface area contributed by atoms with E-state index in [-0.39, 0.29) is 6.03 Å². The standard InChI is InChI=1S/C17H20N2O2/c1-12-5-3-4-6-15(12)11-18-17(21)19-16-9-7-14(8-10-16)13(2)20/h3-10,13,20H,11H2,1-2H3,(H2,18,19,21). The first-order valence-electron chi connectivity index (χ1n) is 6.93. The minimum absolute atomic E-state index is 0.247. The number of carbonyl (C=O) groups is 1. The molecular formula is C17H20N2O2.